The lowest BCUT2D eigenvalue weighted by molar-refractivity contribution is -0.143. The molecule has 9 heteroatoms. The highest BCUT2D eigenvalue weighted by Gasteiger charge is 2.32. The van der Waals surface area contributed by atoms with Gasteiger partial charge in [0, 0.05) is 0 Å². The van der Waals surface area contributed by atoms with Crippen LogP contribution < -0.4 is 4.72 Å². The number of rotatable bonds is 5. The van der Waals surface area contributed by atoms with Crippen molar-refractivity contribution in [1.82, 2.24) is 14.5 Å². The first-order valence-corrected chi connectivity index (χ1v) is 8.21. The highest BCUT2D eigenvalue weighted by atomic mass is 32.2. The average Bonchev–Trinajstić information content (AvgIpc) is 2.70. The monoisotopic (exact) mass is 333 g/mol. The predicted octanol–water partition coefficient (Wildman–Crippen LogP) is 0.0671. The molecule has 0 bridgehead atoms. The molecule has 1 heterocycles. The van der Waals surface area contributed by atoms with Crippen molar-refractivity contribution in [3.05, 3.63) is 11.4 Å². The van der Waals surface area contributed by atoms with Gasteiger partial charge in [0.1, 0.15) is 10.9 Å². The summed E-state index contributed by atoms with van der Waals surface area (Å²) < 4.78 is 33.3. The topological polar surface area (TPSA) is 111 Å². The Balaban J connectivity index is 3.30. The zero-order valence-corrected chi connectivity index (χ0v) is 14.5. The van der Waals surface area contributed by atoms with E-state index >= 15 is 0 Å². The third-order valence-electron chi connectivity index (χ3n) is 3.09. The lowest BCUT2D eigenvalue weighted by Gasteiger charge is -2.21. The van der Waals surface area contributed by atoms with Gasteiger partial charge in [-0.3, -0.25) is 9.48 Å². The van der Waals surface area contributed by atoms with Gasteiger partial charge in [0.05, 0.1) is 30.6 Å². The maximum absolute atomic E-state index is 12.5. The van der Waals surface area contributed by atoms with Crippen molar-refractivity contribution >= 4 is 16.0 Å². The van der Waals surface area contributed by atoms with Gasteiger partial charge in [-0.15, -0.1) is 0 Å². The summed E-state index contributed by atoms with van der Waals surface area (Å²) in [5, 5.41) is 13.4. The molecule has 1 rings (SSSR count). The minimum absolute atomic E-state index is 0.00442. The second kappa shape index (κ2) is 6.35. The third-order valence-corrected chi connectivity index (χ3v) is 4.82. The van der Waals surface area contributed by atoms with E-state index in [1.807, 2.05) is 20.8 Å². The Kier molecular flexibility index (Phi) is 5.37. The molecular weight excluding hydrogens is 310 g/mol. The number of carbonyl (C=O) groups is 1. The van der Waals surface area contributed by atoms with Gasteiger partial charge in [0.2, 0.25) is 10.0 Å². The standard InChI is InChI=1S/C13H23N3O5S/c1-8-11(9(2)16(14-8)13(3,4)5)22(19,20)15-10(7-17)12(18)21-6/h10,15,17H,7H2,1-6H3/t10-/m1/s1. The van der Waals surface area contributed by atoms with Gasteiger partial charge in [-0.25, -0.2) is 8.42 Å². The van der Waals surface area contributed by atoms with E-state index in [0.29, 0.717) is 11.4 Å². The summed E-state index contributed by atoms with van der Waals surface area (Å²) in [5.74, 6) is -0.857. The van der Waals surface area contributed by atoms with Gasteiger partial charge >= 0.3 is 5.97 Å². The Labute approximate surface area is 130 Å². The number of ether oxygens (including phenoxy) is 1. The molecule has 126 valence electrons. The van der Waals surface area contributed by atoms with Crippen molar-refractivity contribution in [3.8, 4) is 0 Å². The van der Waals surface area contributed by atoms with Crippen LogP contribution in [0.2, 0.25) is 0 Å². The van der Waals surface area contributed by atoms with E-state index < -0.39 is 28.6 Å². The maximum Gasteiger partial charge on any atom is 0.326 e. The van der Waals surface area contributed by atoms with Gasteiger partial charge in [-0.1, -0.05) is 0 Å². The van der Waals surface area contributed by atoms with Crippen LogP contribution in [-0.2, 0) is 25.1 Å². The Morgan fingerprint density at radius 2 is 1.95 bits per heavy atom. The fourth-order valence-corrected chi connectivity index (χ4v) is 3.79. The number of hydrogen-bond donors (Lipinski definition) is 2. The van der Waals surface area contributed by atoms with Gasteiger partial charge in [0.25, 0.3) is 0 Å². The molecule has 0 aliphatic carbocycles. The summed E-state index contributed by atoms with van der Waals surface area (Å²) in [6.45, 7) is 8.24. The van der Waals surface area contributed by atoms with E-state index in [1.54, 1.807) is 18.5 Å². The lowest BCUT2D eigenvalue weighted by atomic mass is 10.1. The lowest BCUT2D eigenvalue weighted by Crippen LogP contribution is -2.44. The number of nitrogens with zero attached hydrogens (tertiary/aromatic N) is 2. The molecule has 0 aliphatic rings. The van der Waals surface area contributed by atoms with Crippen LogP contribution in [0.3, 0.4) is 0 Å². The number of carbonyl (C=O) groups excluding carboxylic acids is 1. The van der Waals surface area contributed by atoms with Crippen LogP contribution in [0.25, 0.3) is 0 Å². The van der Waals surface area contributed by atoms with Crippen molar-refractivity contribution in [2.75, 3.05) is 13.7 Å². The normalized spacial score (nSPS) is 14.0. The summed E-state index contributed by atoms with van der Waals surface area (Å²) in [6, 6.07) is -1.35. The molecule has 0 aromatic carbocycles. The van der Waals surface area contributed by atoms with Crippen LogP contribution in [0.5, 0.6) is 0 Å². The number of sulfonamides is 1. The van der Waals surface area contributed by atoms with E-state index in [4.69, 9.17) is 5.11 Å². The molecule has 0 spiro atoms. The quantitative estimate of drug-likeness (QED) is 0.738. The summed E-state index contributed by atoms with van der Waals surface area (Å²) in [5.41, 5.74) is 0.391. The first kappa shape index (κ1) is 18.6. The van der Waals surface area contributed by atoms with Crippen LogP contribution in [0, 0.1) is 13.8 Å². The second-order valence-corrected chi connectivity index (χ2v) is 7.61. The fourth-order valence-electron chi connectivity index (χ4n) is 2.22. The van der Waals surface area contributed by atoms with Crippen LogP contribution in [0.15, 0.2) is 4.90 Å². The molecule has 1 aromatic heterocycles. The summed E-state index contributed by atoms with van der Waals surface area (Å²) in [4.78, 5) is 11.5. The van der Waals surface area contributed by atoms with Crippen LogP contribution >= 0.6 is 0 Å². The molecule has 2 N–H and O–H groups in total. The Morgan fingerprint density at radius 3 is 2.32 bits per heavy atom. The van der Waals surface area contributed by atoms with Crippen molar-refractivity contribution in [3.63, 3.8) is 0 Å². The largest absolute Gasteiger partial charge is 0.468 e. The zero-order valence-electron chi connectivity index (χ0n) is 13.7. The highest BCUT2D eigenvalue weighted by molar-refractivity contribution is 7.89. The molecule has 0 unspecified atom stereocenters. The van der Waals surface area contributed by atoms with Gasteiger partial charge in [-0.05, 0) is 34.6 Å². The number of esters is 1. The first-order valence-electron chi connectivity index (χ1n) is 6.73. The molecule has 0 aliphatic heterocycles. The Morgan fingerprint density at radius 1 is 1.41 bits per heavy atom. The van der Waals surface area contributed by atoms with Crippen molar-refractivity contribution < 1.29 is 23.1 Å². The zero-order chi connectivity index (χ0) is 17.3. The molecule has 8 nitrogen and oxygen atoms in total. The number of nitrogens with one attached hydrogen (secondary N) is 1. The molecule has 0 radical (unpaired) electrons. The van der Waals surface area contributed by atoms with Crippen molar-refractivity contribution in [2.24, 2.45) is 0 Å². The smallest absolute Gasteiger partial charge is 0.326 e. The Hall–Kier alpha value is -1.45. The molecular formula is C13H23N3O5S. The second-order valence-electron chi connectivity index (χ2n) is 5.96. The molecule has 1 atom stereocenters. The predicted molar refractivity (Wildman–Crippen MR) is 79.9 cm³/mol. The van der Waals surface area contributed by atoms with Crippen molar-refractivity contribution in [2.45, 2.75) is 51.1 Å². The maximum atomic E-state index is 12.5. The minimum atomic E-state index is -4.02. The number of aliphatic hydroxyl groups excluding tert-OH is 1. The van der Waals surface area contributed by atoms with Crippen LogP contribution in [-0.4, -0.2) is 49.0 Å². The SMILES string of the molecule is COC(=O)[C@@H](CO)NS(=O)(=O)c1c(C)nn(C(C)(C)C)c1C. The minimum Gasteiger partial charge on any atom is -0.468 e. The summed E-state index contributed by atoms with van der Waals surface area (Å²) in [7, 11) is -2.90. The van der Waals surface area contributed by atoms with Gasteiger partial charge in [-0.2, -0.15) is 9.82 Å². The van der Waals surface area contributed by atoms with E-state index in [1.165, 1.54) is 0 Å². The van der Waals surface area contributed by atoms with E-state index in [-0.39, 0.29) is 10.4 Å². The highest BCUT2D eigenvalue weighted by Crippen LogP contribution is 2.25. The van der Waals surface area contributed by atoms with Crippen LogP contribution in [0.4, 0.5) is 0 Å². The third kappa shape index (κ3) is 3.65. The van der Waals surface area contributed by atoms with Gasteiger partial charge in [0.15, 0.2) is 0 Å². The summed E-state index contributed by atoms with van der Waals surface area (Å²) >= 11 is 0. The van der Waals surface area contributed by atoms with Crippen LogP contribution in [0.1, 0.15) is 32.2 Å². The molecule has 0 saturated heterocycles. The van der Waals surface area contributed by atoms with E-state index in [2.05, 4.69) is 14.6 Å². The van der Waals surface area contributed by atoms with Gasteiger partial charge < -0.3 is 9.84 Å². The molecule has 0 fully saturated rings. The molecule has 1 aromatic rings. The number of aryl methyl sites for hydroxylation is 1. The summed E-state index contributed by atoms with van der Waals surface area (Å²) in [6.07, 6.45) is 0. The molecule has 0 amide bonds. The fraction of sp³-hybridized carbons (Fsp3) is 0.692. The number of methoxy groups -OCH3 is 1. The Bertz CT molecular complexity index is 658. The van der Waals surface area contributed by atoms with E-state index in [0.717, 1.165) is 7.11 Å². The first-order chi connectivity index (χ1) is 9.95. The number of aliphatic hydroxyl groups is 1. The number of hydrogen-bond acceptors (Lipinski definition) is 6. The molecule has 22 heavy (non-hydrogen) atoms. The average molecular weight is 333 g/mol. The number of aromatic nitrogens is 2. The van der Waals surface area contributed by atoms with E-state index in [9.17, 15) is 13.2 Å². The van der Waals surface area contributed by atoms with Crippen molar-refractivity contribution in [1.29, 1.82) is 0 Å². The molecule has 0 saturated carbocycles.